The van der Waals surface area contributed by atoms with Crippen molar-refractivity contribution in [3.05, 3.63) is 65.5 Å². The average molecular weight is 213 g/mol. The highest BCUT2D eigenvalue weighted by Crippen LogP contribution is 2.08. The minimum atomic E-state index is 0.116. The molecule has 0 amide bonds. The lowest BCUT2D eigenvalue weighted by Crippen LogP contribution is -1.92. The highest BCUT2D eigenvalue weighted by Gasteiger charge is 1.96. The van der Waals surface area contributed by atoms with E-state index in [0.717, 1.165) is 18.4 Å². The lowest BCUT2D eigenvalue weighted by atomic mass is 10.0. The van der Waals surface area contributed by atoms with Crippen LogP contribution in [0.3, 0.4) is 0 Å². The van der Waals surface area contributed by atoms with Gasteiger partial charge >= 0.3 is 0 Å². The summed E-state index contributed by atoms with van der Waals surface area (Å²) in [6.07, 6.45) is 5.70. The molecule has 82 valence electrons. The second kappa shape index (κ2) is 5.42. The number of hydrogen-bond acceptors (Lipinski definition) is 2. The second-order valence-electron chi connectivity index (χ2n) is 3.83. The van der Waals surface area contributed by atoms with Gasteiger partial charge in [0.25, 0.3) is 0 Å². The van der Waals surface area contributed by atoms with Gasteiger partial charge in [0.15, 0.2) is 0 Å². The summed E-state index contributed by atoms with van der Waals surface area (Å²) in [7, 11) is 0. The summed E-state index contributed by atoms with van der Waals surface area (Å²) < 4.78 is 0. The molecule has 1 N–H and O–H groups in total. The fraction of sp³-hybridized carbons (Fsp3) is 0.214. The first kappa shape index (κ1) is 10.8. The molecule has 1 aromatic heterocycles. The number of hydrogen-bond donors (Lipinski definition) is 1. The van der Waals surface area contributed by atoms with E-state index in [2.05, 4.69) is 17.1 Å². The molecule has 2 heteroatoms. The maximum atomic E-state index is 8.93. The Morgan fingerprint density at radius 2 is 1.25 bits per heavy atom. The van der Waals surface area contributed by atoms with E-state index in [1.165, 1.54) is 11.1 Å². The molecule has 2 nitrogen and oxygen atoms in total. The van der Waals surface area contributed by atoms with Gasteiger partial charge in [0.2, 0.25) is 0 Å². The predicted octanol–water partition coefficient (Wildman–Crippen LogP) is 2.36. The molecule has 0 saturated carbocycles. The number of aliphatic hydroxyl groups excluding tert-OH is 1. The van der Waals surface area contributed by atoms with E-state index in [0.29, 0.717) is 0 Å². The second-order valence-corrected chi connectivity index (χ2v) is 3.83. The molecule has 16 heavy (non-hydrogen) atoms. The van der Waals surface area contributed by atoms with Crippen molar-refractivity contribution in [1.82, 2.24) is 4.98 Å². The third-order valence-electron chi connectivity index (χ3n) is 2.66. The zero-order chi connectivity index (χ0) is 11.2. The normalized spacial score (nSPS) is 10.3. The van der Waals surface area contributed by atoms with Crippen LogP contribution in [0.25, 0.3) is 0 Å². The molecule has 0 aliphatic heterocycles. The summed E-state index contributed by atoms with van der Waals surface area (Å²) in [5.41, 5.74) is 3.57. The topological polar surface area (TPSA) is 33.1 Å². The van der Waals surface area contributed by atoms with Crippen LogP contribution < -0.4 is 0 Å². The van der Waals surface area contributed by atoms with E-state index in [9.17, 15) is 0 Å². The molecule has 0 bridgehead atoms. The number of nitrogens with zero attached hydrogens (tertiary/aromatic N) is 1. The van der Waals surface area contributed by atoms with Crippen molar-refractivity contribution < 1.29 is 5.11 Å². The number of benzene rings is 1. The molecular weight excluding hydrogens is 198 g/mol. The Morgan fingerprint density at radius 3 is 1.81 bits per heavy atom. The lowest BCUT2D eigenvalue weighted by Gasteiger charge is -2.02. The highest BCUT2D eigenvalue weighted by atomic mass is 16.3. The smallest absolute Gasteiger partial charge is 0.0681 e. The number of aliphatic hydroxyl groups is 1. The van der Waals surface area contributed by atoms with E-state index in [1.54, 1.807) is 0 Å². The Kier molecular flexibility index (Phi) is 3.67. The zero-order valence-corrected chi connectivity index (χ0v) is 9.13. The van der Waals surface area contributed by atoms with Crippen LogP contribution in [0.5, 0.6) is 0 Å². The van der Waals surface area contributed by atoms with Gasteiger partial charge in [0.1, 0.15) is 0 Å². The first-order valence-electron chi connectivity index (χ1n) is 5.46. The molecule has 0 aliphatic carbocycles. The van der Waals surface area contributed by atoms with Crippen LogP contribution in [0.4, 0.5) is 0 Å². The molecule has 2 rings (SSSR count). The van der Waals surface area contributed by atoms with Crippen LogP contribution in [0.1, 0.15) is 16.7 Å². The van der Waals surface area contributed by atoms with Crippen LogP contribution in [0, 0.1) is 0 Å². The standard InChI is InChI=1S/C14H15NO/c16-11-14-5-3-12(4-6-14)1-2-13-7-9-15-10-8-13/h3-10,16H,1-2,11H2. The Hall–Kier alpha value is -1.67. The predicted molar refractivity (Wildman–Crippen MR) is 64.0 cm³/mol. The van der Waals surface area contributed by atoms with Gasteiger partial charge in [-0.1, -0.05) is 24.3 Å². The first-order valence-corrected chi connectivity index (χ1v) is 5.46. The SMILES string of the molecule is OCc1ccc(CCc2ccncc2)cc1. The molecule has 0 atom stereocenters. The van der Waals surface area contributed by atoms with Crippen LogP contribution in [-0.4, -0.2) is 10.1 Å². The maximum Gasteiger partial charge on any atom is 0.0681 e. The molecule has 0 spiro atoms. The number of rotatable bonds is 4. The highest BCUT2D eigenvalue weighted by molar-refractivity contribution is 5.23. The fourth-order valence-corrected chi connectivity index (χ4v) is 1.65. The molecule has 0 saturated heterocycles. The Bertz CT molecular complexity index is 422. The maximum absolute atomic E-state index is 8.93. The molecule has 1 heterocycles. The summed E-state index contributed by atoms with van der Waals surface area (Å²) >= 11 is 0. The largest absolute Gasteiger partial charge is 0.392 e. The lowest BCUT2D eigenvalue weighted by molar-refractivity contribution is 0.282. The average Bonchev–Trinajstić information content (AvgIpc) is 2.38. The summed E-state index contributed by atoms with van der Waals surface area (Å²) in [5, 5.41) is 8.93. The number of pyridine rings is 1. The van der Waals surface area contributed by atoms with Crippen LogP contribution in [0.15, 0.2) is 48.8 Å². The molecule has 0 fully saturated rings. The Morgan fingerprint density at radius 1 is 0.750 bits per heavy atom. The summed E-state index contributed by atoms with van der Waals surface area (Å²) in [6, 6.07) is 12.2. The van der Waals surface area contributed by atoms with Gasteiger partial charge < -0.3 is 5.11 Å². The molecule has 2 aromatic rings. The van der Waals surface area contributed by atoms with Crippen molar-refractivity contribution in [3.8, 4) is 0 Å². The van der Waals surface area contributed by atoms with Gasteiger partial charge in [-0.05, 0) is 41.7 Å². The third-order valence-corrected chi connectivity index (χ3v) is 2.66. The summed E-state index contributed by atoms with van der Waals surface area (Å²) in [5.74, 6) is 0. The fourth-order valence-electron chi connectivity index (χ4n) is 1.65. The van der Waals surface area contributed by atoms with E-state index < -0.39 is 0 Å². The number of aryl methyl sites for hydroxylation is 2. The van der Waals surface area contributed by atoms with Crippen LogP contribution >= 0.6 is 0 Å². The van der Waals surface area contributed by atoms with E-state index in [4.69, 9.17) is 5.11 Å². The monoisotopic (exact) mass is 213 g/mol. The van der Waals surface area contributed by atoms with Crippen molar-refractivity contribution in [2.75, 3.05) is 0 Å². The van der Waals surface area contributed by atoms with Gasteiger partial charge in [-0.3, -0.25) is 4.98 Å². The van der Waals surface area contributed by atoms with Gasteiger partial charge in [-0.15, -0.1) is 0 Å². The van der Waals surface area contributed by atoms with Gasteiger partial charge in [0.05, 0.1) is 6.61 Å². The molecule has 0 radical (unpaired) electrons. The van der Waals surface area contributed by atoms with Crippen LogP contribution in [0.2, 0.25) is 0 Å². The van der Waals surface area contributed by atoms with Crippen molar-refractivity contribution in [2.45, 2.75) is 19.4 Å². The van der Waals surface area contributed by atoms with Crippen molar-refractivity contribution in [2.24, 2.45) is 0 Å². The zero-order valence-electron chi connectivity index (χ0n) is 9.13. The minimum absolute atomic E-state index is 0.116. The van der Waals surface area contributed by atoms with Gasteiger partial charge in [-0.25, -0.2) is 0 Å². The third kappa shape index (κ3) is 2.91. The van der Waals surface area contributed by atoms with Crippen molar-refractivity contribution in [1.29, 1.82) is 0 Å². The van der Waals surface area contributed by atoms with Crippen LogP contribution in [-0.2, 0) is 19.4 Å². The quantitative estimate of drug-likeness (QED) is 0.845. The molecule has 0 unspecified atom stereocenters. The Labute approximate surface area is 95.6 Å². The van der Waals surface area contributed by atoms with Crippen molar-refractivity contribution in [3.63, 3.8) is 0 Å². The molecule has 1 aromatic carbocycles. The van der Waals surface area contributed by atoms with E-state index >= 15 is 0 Å². The summed E-state index contributed by atoms with van der Waals surface area (Å²) in [4.78, 5) is 4.00. The molecule has 0 aliphatic rings. The minimum Gasteiger partial charge on any atom is -0.392 e. The summed E-state index contributed by atoms with van der Waals surface area (Å²) in [6.45, 7) is 0.116. The first-order chi connectivity index (χ1) is 7.88. The van der Waals surface area contributed by atoms with E-state index in [-0.39, 0.29) is 6.61 Å². The van der Waals surface area contributed by atoms with Gasteiger partial charge in [-0.2, -0.15) is 0 Å². The van der Waals surface area contributed by atoms with E-state index in [1.807, 2.05) is 36.7 Å². The number of aromatic nitrogens is 1. The molecular formula is C14H15NO. The van der Waals surface area contributed by atoms with Gasteiger partial charge in [0, 0.05) is 12.4 Å². The van der Waals surface area contributed by atoms with Crippen molar-refractivity contribution >= 4 is 0 Å². The Balaban J connectivity index is 1.94.